The van der Waals surface area contributed by atoms with E-state index in [2.05, 4.69) is 10.1 Å². The van der Waals surface area contributed by atoms with E-state index in [-0.39, 0.29) is 29.6 Å². The Morgan fingerprint density at radius 2 is 2.45 bits per heavy atom. The Hall–Kier alpha value is -1.06. The molecular formula is C7H9NO3. The third-order valence-electron chi connectivity index (χ3n) is 2.46. The molecule has 60 valence electrons. The summed E-state index contributed by atoms with van der Waals surface area (Å²) in [5.41, 5.74) is 0. The van der Waals surface area contributed by atoms with E-state index in [1.807, 2.05) is 0 Å². The highest BCUT2D eigenvalue weighted by Crippen LogP contribution is 2.49. The highest BCUT2D eigenvalue weighted by atomic mass is 16.5. The van der Waals surface area contributed by atoms with Crippen molar-refractivity contribution in [3.63, 3.8) is 0 Å². The van der Waals surface area contributed by atoms with Crippen molar-refractivity contribution in [1.29, 1.82) is 0 Å². The smallest absolute Gasteiger partial charge is 0.309 e. The first-order chi connectivity index (χ1) is 5.25. The van der Waals surface area contributed by atoms with Gasteiger partial charge < -0.3 is 10.1 Å². The highest BCUT2D eigenvalue weighted by molar-refractivity contribution is 5.93. The zero-order chi connectivity index (χ0) is 8.01. The summed E-state index contributed by atoms with van der Waals surface area (Å²) in [7, 11) is 1.36. The van der Waals surface area contributed by atoms with Gasteiger partial charge in [-0.1, -0.05) is 0 Å². The Balaban J connectivity index is 2.04. The van der Waals surface area contributed by atoms with Crippen molar-refractivity contribution >= 4 is 11.9 Å². The average molecular weight is 155 g/mol. The van der Waals surface area contributed by atoms with Gasteiger partial charge in [0, 0.05) is 12.5 Å². The minimum atomic E-state index is -0.241. The van der Waals surface area contributed by atoms with E-state index in [0.717, 1.165) is 0 Å². The predicted molar refractivity (Wildman–Crippen MR) is 35.5 cm³/mol. The molecule has 2 fully saturated rings. The van der Waals surface area contributed by atoms with Gasteiger partial charge in [0.2, 0.25) is 5.91 Å². The molecule has 3 atom stereocenters. The lowest BCUT2D eigenvalue weighted by Gasteiger charge is -2.00. The molecular weight excluding hydrogens is 146 g/mol. The summed E-state index contributed by atoms with van der Waals surface area (Å²) in [6, 6.07) is 0. The van der Waals surface area contributed by atoms with Crippen LogP contribution in [-0.2, 0) is 14.3 Å². The maximum atomic E-state index is 10.9. The molecule has 0 radical (unpaired) electrons. The van der Waals surface area contributed by atoms with E-state index in [0.29, 0.717) is 6.54 Å². The van der Waals surface area contributed by atoms with Gasteiger partial charge in [0.15, 0.2) is 0 Å². The van der Waals surface area contributed by atoms with Crippen LogP contribution in [0.15, 0.2) is 0 Å². The van der Waals surface area contributed by atoms with E-state index in [9.17, 15) is 9.59 Å². The fourth-order valence-electron chi connectivity index (χ4n) is 1.78. The number of hydrogen-bond donors (Lipinski definition) is 1. The molecule has 0 bridgehead atoms. The van der Waals surface area contributed by atoms with Gasteiger partial charge in [-0.3, -0.25) is 9.59 Å². The molecule has 1 saturated carbocycles. The van der Waals surface area contributed by atoms with Gasteiger partial charge >= 0.3 is 5.97 Å². The van der Waals surface area contributed by atoms with Crippen molar-refractivity contribution in [2.24, 2.45) is 17.8 Å². The molecule has 2 rings (SSSR count). The van der Waals surface area contributed by atoms with Crippen LogP contribution in [0.25, 0.3) is 0 Å². The van der Waals surface area contributed by atoms with E-state index >= 15 is 0 Å². The number of amides is 1. The van der Waals surface area contributed by atoms with Crippen LogP contribution in [0.5, 0.6) is 0 Å². The van der Waals surface area contributed by atoms with Gasteiger partial charge in [0.1, 0.15) is 0 Å². The van der Waals surface area contributed by atoms with Gasteiger partial charge in [-0.15, -0.1) is 0 Å². The molecule has 0 aromatic rings. The maximum Gasteiger partial charge on any atom is 0.309 e. The number of methoxy groups -OCH3 is 1. The molecule has 0 aromatic heterocycles. The molecule has 11 heavy (non-hydrogen) atoms. The molecule has 4 heteroatoms. The second kappa shape index (κ2) is 1.96. The topological polar surface area (TPSA) is 55.4 Å². The summed E-state index contributed by atoms with van der Waals surface area (Å²) >= 11 is 0. The molecule has 0 unspecified atom stereocenters. The fourth-order valence-corrected chi connectivity index (χ4v) is 1.78. The molecule has 1 aliphatic heterocycles. The second-order valence-corrected chi connectivity index (χ2v) is 2.98. The Bertz CT molecular complexity index is 226. The van der Waals surface area contributed by atoms with Crippen LogP contribution in [0, 0.1) is 17.8 Å². The van der Waals surface area contributed by atoms with Gasteiger partial charge in [0.05, 0.1) is 18.9 Å². The number of hydrogen-bond acceptors (Lipinski definition) is 3. The molecule has 1 saturated heterocycles. The standard InChI is InChI=1S/C7H9NO3/c1-11-7(10)5-3-2-8-6(9)4(3)5/h3-5H,2H2,1H3,(H,8,9)/t3-,4+,5+/m0/s1. The van der Waals surface area contributed by atoms with Crippen LogP contribution in [0.2, 0.25) is 0 Å². The monoisotopic (exact) mass is 155 g/mol. The van der Waals surface area contributed by atoms with Crippen LogP contribution in [0.3, 0.4) is 0 Å². The van der Waals surface area contributed by atoms with Gasteiger partial charge in [-0.25, -0.2) is 0 Å². The van der Waals surface area contributed by atoms with Crippen LogP contribution in [-0.4, -0.2) is 25.5 Å². The summed E-state index contributed by atoms with van der Waals surface area (Å²) < 4.78 is 4.54. The first-order valence-electron chi connectivity index (χ1n) is 3.61. The third kappa shape index (κ3) is 0.751. The Morgan fingerprint density at radius 1 is 1.73 bits per heavy atom. The summed E-state index contributed by atoms with van der Waals surface area (Å²) in [5, 5.41) is 2.68. The summed E-state index contributed by atoms with van der Waals surface area (Å²) in [6.07, 6.45) is 0. The second-order valence-electron chi connectivity index (χ2n) is 2.98. The molecule has 1 amide bonds. The van der Waals surface area contributed by atoms with E-state index in [1.54, 1.807) is 0 Å². The van der Waals surface area contributed by atoms with Crippen molar-refractivity contribution in [2.75, 3.05) is 13.7 Å². The van der Waals surface area contributed by atoms with Crippen molar-refractivity contribution in [3.05, 3.63) is 0 Å². The Labute approximate surface area is 63.9 Å². The largest absolute Gasteiger partial charge is 0.469 e. The quantitative estimate of drug-likeness (QED) is 0.502. The summed E-state index contributed by atoms with van der Waals surface area (Å²) in [5.74, 6) is -0.244. The van der Waals surface area contributed by atoms with Crippen molar-refractivity contribution < 1.29 is 14.3 Å². The van der Waals surface area contributed by atoms with Crippen molar-refractivity contribution in [2.45, 2.75) is 0 Å². The minimum Gasteiger partial charge on any atom is -0.469 e. The zero-order valence-electron chi connectivity index (χ0n) is 6.16. The summed E-state index contributed by atoms with van der Waals surface area (Å²) in [6.45, 7) is 0.642. The zero-order valence-corrected chi connectivity index (χ0v) is 6.16. The van der Waals surface area contributed by atoms with E-state index < -0.39 is 0 Å². The summed E-state index contributed by atoms with van der Waals surface area (Å²) in [4.78, 5) is 21.9. The molecule has 2 aliphatic rings. The molecule has 4 nitrogen and oxygen atoms in total. The average Bonchev–Trinajstić information content (AvgIpc) is 2.63. The fraction of sp³-hybridized carbons (Fsp3) is 0.714. The van der Waals surface area contributed by atoms with Crippen LogP contribution >= 0.6 is 0 Å². The lowest BCUT2D eigenvalue weighted by molar-refractivity contribution is -0.144. The Kier molecular flexibility index (Phi) is 1.19. The number of rotatable bonds is 1. The number of fused-ring (bicyclic) bond motifs is 1. The number of nitrogens with one attached hydrogen (secondary N) is 1. The van der Waals surface area contributed by atoms with Crippen LogP contribution < -0.4 is 5.32 Å². The first-order valence-corrected chi connectivity index (χ1v) is 3.61. The van der Waals surface area contributed by atoms with Gasteiger partial charge in [-0.05, 0) is 0 Å². The highest BCUT2D eigenvalue weighted by Gasteiger charge is 2.62. The number of carbonyl (C=O) groups is 2. The van der Waals surface area contributed by atoms with E-state index in [1.165, 1.54) is 7.11 Å². The number of carbonyl (C=O) groups excluding carboxylic acids is 2. The molecule has 1 heterocycles. The molecule has 1 aliphatic carbocycles. The Morgan fingerprint density at radius 3 is 2.91 bits per heavy atom. The molecule has 0 aromatic carbocycles. The lowest BCUT2D eigenvalue weighted by atomic mass is 10.3. The number of piperidine rings is 1. The van der Waals surface area contributed by atoms with E-state index in [4.69, 9.17) is 0 Å². The molecule has 0 spiro atoms. The van der Waals surface area contributed by atoms with Crippen LogP contribution in [0.4, 0.5) is 0 Å². The number of ether oxygens (including phenoxy) is 1. The normalized spacial score (nSPS) is 39.4. The van der Waals surface area contributed by atoms with Gasteiger partial charge in [-0.2, -0.15) is 0 Å². The van der Waals surface area contributed by atoms with Crippen LogP contribution in [0.1, 0.15) is 0 Å². The first kappa shape index (κ1) is 6.64. The number of esters is 1. The maximum absolute atomic E-state index is 10.9. The third-order valence-corrected chi connectivity index (χ3v) is 2.46. The lowest BCUT2D eigenvalue weighted by Crippen LogP contribution is -2.24. The predicted octanol–water partition coefficient (Wildman–Crippen LogP) is -0.849. The minimum absolute atomic E-state index is 0.00500. The molecule has 1 N–H and O–H groups in total. The van der Waals surface area contributed by atoms with Crippen molar-refractivity contribution in [1.82, 2.24) is 5.32 Å². The van der Waals surface area contributed by atoms with Crippen molar-refractivity contribution in [3.8, 4) is 0 Å². The van der Waals surface area contributed by atoms with Gasteiger partial charge in [0.25, 0.3) is 0 Å². The SMILES string of the molecule is COC(=O)[C@@H]1[C@H]2CNC(=O)[C@H]21.